The summed E-state index contributed by atoms with van der Waals surface area (Å²) in [6.07, 6.45) is 3.48. The van der Waals surface area contributed by atoms with Crippen molar-refractivity contribution in [2.45, 2.75) is 6.04 Å². The highest BCUT2D eigenvalue weighted by Crippen LogP contribution is 2.31. The van der Waals surface area contributed by atoms with Gasteiger partial charge in [-0.05, 0) is 11.4 Å². The maximum absolute atomic E-state index is 6.19. The largest absolute Gasteiger partial charge is 0.384 e. The van der Waals surface area contributed by atoms with Crippen molar-refractivity contribution in [3.05, 3.63) is 46.3 Å². The number of halogens is 1. The minimum absolute atomic E-state index is 0.135. The topological polar surface area (TPSA) is 79.4 Å². The number of fused-ring (bicyclic) bond motifs is 1. The van der Waals surface area contributed by atoms with Gasteiger partial charge in [0.05, 0.1) is 11.9 Å². The molecule has 0 fully saturated rings. The molecule has 0 radical (unpaired) electrons. The lowest BCUT2D eigenvalue weighted by atomic mass is 10.1. The number of amidine groups is 1. The number of nitrogens with two attached hydrogens (primary N) is 1. The highest BCUT2D eigenvalue weighted by molar-refractivity contribution is 7.08. The summed E-state index contributed by atoms with van der Waals surface area (Å²) in [7, 11) is 1.91. The number of aromatic nitrogens is 2. The fraction of sp³-hybridized carbons (Fsp3) is 0.133. The Balaban J connectivity index is 1.77. The average molecular weight is 345 g/mol. The minimum atomic E-state index is -0.135. The van der Waals surface area contributed by atoms with Crippen LogP contribution >= 0.6 is 22.9 Å². The second-order valence-electron chi connectivity index (χ2n) is 5.24. The van der Waals surface area contributed by atoms with Crippen LogP contribution in [0, 0.1) is 0 Å². The molecule has 0 saturated carbocycles. The summed E-state index contributed by atoms with van der Waals surface area (Å²) in [6.45, 7) is 0. The van der Waals surface area contributed by atoms with Crippen molar-refractivity contribution >= 4 is 40.2 Å². The van der Waals surface area contributed by atoms with Crippen molar-refractivity contribution in [2.75, 3.05) is 12.8 Å². The summed E-state index contributed by atoms with van der Waals surface area (Å²) >= 11 is 7.81. The Kier molecular flexibility index (Phi) is 3.32. The van der Waals surface area contributed by atoms with Crippen LogP contribution in [-0.2, 0) is 0 Å². The van der Waals surface area contributed by atoms with E-state index in [9.17, 15) is 0 Å². The molecule has 3 N–H and O–H groups in total. The lowest BCUT2D eigenvalue weighted by Gasteiger charge is -2.29. The number of nitrogens with zero attached hydrogens (tertiary/aromatic N) is 4. The van der Waals surface area contributed by atoms with Gasteiger partial charge in [0.25, 0.3) is 0 Å². The first-order valence-electron chi connectivity index (χ1n) is 6.94. The van der Waals surface area contributed by atoms with E-state index in [1.165, 1.54) is 0 Å². The van der Waals surface area contributed by atoms with E-state index in [-0.39, 0.29) is 6.04 Å². The second-order valence-corrected chi connectivity index (χ2v) is 6.40. The third-order valence-electron chi connectivity index (χ3n) is 3.78. The third-order valence-corrected chi connectivity index (χ3v) is 4.83. The number of aliphatic imine (C=N–C) groups is 1. The lowest BCUT2D eigenvalue weighted by Crippen LogP contribution is -2.40. The van der Waals surface area contributed by atoms with E-state index in [2.05, 4.69) is 20.3 Å². The molecule has 116 valence electrons. The van der Waals surface area contributed by atoms with Crippen LogP contribution in [0.2, 0.25) is 0 Å². The quantitative estimate of drug-likeness (QED) is 0.818. The molecule has 1 unspecified atom stereocenters. The molecule has 2 aromatic rings. The van der Waals surface area contributed by atoms with E-state index in [0.29, 0.717) is 16.8 Å². The van der Waals surface area contributed by atoms with Crippen LogP contribution in [0.25, 0.3) is 16.8 Å². The first-order chi connectivity index (χ1) is 11.1. The number of hydrogen-bond donors (Lipinski definition) is 2. The molecule has 23 heavy (non-hydrogen) atoms. The van der Waals surface area contributed by atoms with E-state index in [1.807, 2.05) is 35.0 Å². The molecule has 2 aromatic heterocycles. The van der Waals surface area contributed by atoms with Crippen molar-refractivity contribution in [2.24, 2.45) is 4.99 Å². The van der Waals surface area contributed by atoms with Crippen molar-refractivity contribution in [3.63, 3.8) is 0 Å². The van der Waals surface area contributed by atoms with Gasteiger partial charge in [0, 0.05) is 35.8 Å². The van der Waals surface area contributed by atoms with E-state index >= 15 is 0 Å². The first-order valence-corrected chi connectivity index (χ1v) is 8.26. The summed E-state index contributed by atoms with van der Waals surface area (Å²) < 4.78 is 0. The van der Waals surface area contributed by atoms with Crippen LogP contribution in [0.15, 0.2) is 45.4 Å². The smallest absolute Gasteiger partial charge is 0.162 e. The maximum Gasteiger partial charge on any atom is 0.162 e. The van der Waals surface area contributed by atoms with Crippen LogP contribution in [0.1, 0.15) is 5.82 Å². The molecular formula is C15H13ClN6S. The third kappa shape index (κ3) is 2.38. The highest BCUT2D eigenvalue weighted by Gasteiger charge is 2.35. The van der Waals surface area contributed by atoms with Gasteiger partial charge in [0.2, 0.25) is 0 Å². The van der Waals surface area contributed by atoms with Crippen LogP contribution in [-0.4, -0.2) is 33.8 Å². The molecule has 2 aliphatic heterocycles. The van der Waals surface area contributed by atoms with Gasteiger partial charge in [-0.25, -0.2) is 15.0 Å². The summed E-state index contributed by atoms with van der Waals surface area (Å²) in [4.78, 5) is 15.3. The fourth-order valence-corrected chi connectivity index (χ4v) is 3.43. The van der Waals surface area contributed by atoms with Gasteiger partial charge in [0.15, 0.2) is 5.82 Å². The van der Waals surface area contributed by atoms with Gasteiger partial charge in [-0.1, -0.05) is 11.6 Å². The summed E-state index contributed by atoms with van der Waals surface area (Å²) in [5.74, 6) is 1.81. The zero-order valence-corrected chi connectivity index (χ0v) is 13.8. The van der Waals surface area contributed by atoms with Crippen LogP contribution in [0.4, 0.5) is 5.82 Å². The lowest BCUT2D eigenvalue weighted by molar-refractivity contribution is 0.443. The Morgan fingerprint density at radius 3 is 3.04 bits per heavy atom. The van der Waals surface area contributed by atoms with Crippen molar-refractivity contribution in [3.8, 4) is 11.3 Å². The predicted molar refractivity (Wildman–Crippen MR) is 93.8 cm³/mol. The number of nitrogens with one attached hydrogen (secondary N) is 1. The summed E-state index contributed by atoms with van der Waals surface area (Å²) in [6, 6.07) is 3.65. The minimum Gasteiger partial charge on any atom is -0.384 e. The Morgan fingerprint density at radius 2 is 2.26 bits per heavy atom. The maximum atomic E-state index is 6.19. The zero-order valence-electron chi connectivity index (χ0n) is 12.2. The fourth-order valence-electron chi connectivity index (χ4n) is 2.63. The number of thiophene rings is 1. The Morgan fingerprint density at radius 1 is 1.39 bits per heavy atom. The van der Waals surface area contributed by atoms with Gasteiger partial charge in [-0.2, -0.15) is 11.3 Å². The number of nitrogen functional groups attached to an aromatic ring is 1. The standard InChI is InChI=1S/C15H13ClN6S/c1-22-11(16)6-19-15-13(22)9(5-18-15)14-20-10(4-12(17)21-14)8-2-3-23-7-8/h2-7,13H,1H3,(H,18,19)(H2,17,20,21). The van der Waals surface area contributed by atoms with Gasteiger partial charge >= 0.3 is 0 Å². The Hall–Kier alpha value is -2.38. The van der Waals surface area contributed by atoms with Gasteiger partial charge in [-0.15, -0.1) is 0 Å². The normalized spacial score (nSPS) is 19.7. The molecule has 6 nitrogen and oxygen atoms in total. The molecule has 1 atom stereocenters. The van der Waals surface area contributed by atoms with Crippen molar-refractivity contribution in [1.82, 2.24) is 20.2 Å². The monoisotopic (exact) mass is 344 g/mol. The Labute approximate surface area is 142 Å². The molecule has 4 rings (SSSR count). The number of anilines is 1. The molecule has 0 saturated heterocycles. The molecule has 2 aliphatic rings. The molecule has 8 heteroatoms. The SMILES string of the molecule is CN1C(Cl)=CN=C2NC=C(c3nc(N)cc(-c4ccsc4)n3)C21. The van der Waals surface area contributed by atoms with Crippen LogP contribution < -0.4 is 11.1 Å². The predicted octanol–water partition coefficient (Wildman–Crippen LogP) is 2.48. The molecule has 0 spiro atoms. The van der Waals surface area contributed by atoms with Crippen LogP contribution in [0.3, 0.4) is 0 Å². The molecule has 4 heterocycles. The molecular weight excluding hydrogens is 332 g/mol. The van der Waals surface area contributed by atoms with E-state index in [4.69, 9.17) is 17.3 Å². The van der Waals surface area contributed by atoms with E-state index < -0.39 is 0 Å². The van der Waals surface area contributed by atoms with Crippen molar-refractivity contribution < 1.29 is 0 Å². The molecule has 0 bridgehead atoms. The zero-order chi connectivity index (χ0) is 16.0. The average Bonchev–Trinajstić information content (AvgIpc) is 3.20. The Bertz CT molecular complexity index is 855. The summed E-state index contributed by atoms with van der Waals surface area (Å²) in [5.41, 5.74) is 8.71. The number of hydrogen-bond acceptors (Lipinski definition) is 7. The van der Waals surface area contributed by atoms with E-state index in [0.717, 1.165) is 22.7 Å². The second kappa shape index (κ2) is 5.36. The van der Waals surface area contributed by atoms with Gasteiger partial charge in [0.1, 0.15) is 22.9 Å². The number of rotatable bonds is 2. The first kappa shape index (κ1) is 14.2. The number of likely N-dealkylation sites (N-methyl/N-ethyl adjacent to an activating group) is 1. The molecule has 0 aromatic carbocycles. The van der Waals surface area contributed by atoms with Crippen molar-refractivity contribution in [1.29, 1.82) is 0 Å². The molecule has 0 amide bonds. The highest BCUT2D eigenvalue weighted by atomic mass is 35.5. The molecule has 0 aliphatic carbocycles. The van der Waals surface area contributed by atoms with Gasteiger partial charge < -0.3 is 16.0 Å². The van der Waals surface area contributed by atoms with E-state index in [1.54, 1.807) is 23.6 Å². The van der Waals surface area contributed by atoms with Gasteiger partial charge in [-0.3, -0.25) is 0 Å². The van der Waals surface area contributed by atoms with Crippen LogP contribution in [0.5, 0.6) is 0 Å². The summed E-state index contributed by atoms with van der Waals surface area (Å²) in [5, 5.41) is 7.76.